The van der Waals surface area contributed by atoms with Gasteiger partial charge in [0.15, 0.2) is 5.78 Å². The van der Waals surface area contributed by atoms with Gasteiger partial charge in [-0.1, -0.05) is 42.8 Å². The molecule has 0 bridgehead atoms. The molecule has 0 spiro atoms. The zero-order valence-corrected chi connectivity index (χ0v) is 10.2. The summed E-state index contributed by atoms with van der Waals surface area (Å²) in [5, 5.41) is 0. The maximum absolute atomic E-state index is 11.9. The van der Waals surface area contributed by atoms with Crippen molar-refractivity contribution in [2.75, 3.05) is 0 Å². The molecule has 0 saturated heterocycles. The van der Waals surface area contributed by atoms with Crippen molar-refractivity contribution in [2.24, 2.45) is 5.41 Å². The first-order valence-electron chi connectivity index (χ1n) is 4.51. The molecule has 2 nitrogen and oxygen atoms in total. The van der Waals surface area contributed by atoms with Crippen LogP contribution in [0.2, 0.25) is 0 Å². The van der Waals surface area contributed by atoms with Crippen molar-refractivity contribution in [1.29, 1.82) is 0 Å². The molecule has 14 heavy (non-hydrogen) atoms. The maximum Gasteiger partial charge on any atom is 0.156 e. The summed E-state index contributed by atoms with van der Waals surface area (Å²) in [6.45, 7) is 5.75. The van der Waals surface area contributed by atoms with Gasteiger partial charge in [0, 0.05) is 17.8 Å². The smallest absolute Gasteiger partial charge is 0.156 e. The summed E-state index contributed by atoms with van der Waals surface area (Å²) in [7, 11) is 0. The molecule has 1 rings (SSSR count). The average molecular weight is 256 g/mol. The predicted molar refractivity (Wildman–Crippen MR) is 60.4 cm³/mol. The third kappa shape index (κ3) is 2.64. The van der Waals surface area contributed by atoms with Gasteiger partial charge in [-0.3, -0.25) is 9.78 Å². The zero-order valence-electron chi connectivity index (χ0n) is 8.62. The lowest BCUT2D eigenvalue weighted by molar-refractivity contribution is -0.125. The van der Waals surface area contributed by atoms with Gasteiger partial charge in [-0.05, 0) is 11.6 Å². The van der Waals surface area contributed by atoms with Crippen LogP contribution in [0.4, 0.5) is 0 Å². The number of hydrogen-bond donors (Lipinski definition) is 0. The van der Waals surface area contributed by atoms with Gasteiger partial charge in [0.1, 0.15) is 4.83 Å². The topological polar surface area (TPSA) is 30.0 Å². The highest BCUT2D eigenvalue weighted by Crippen LogP contribution is 2.31. The van der Waals surface area contributed by atoms with Crippen LogP contribution in [-0.4, -0.2) is 10.8 Å². The number of Topliss-reactive ketones (excluding diaryl/α,β-unsaturated/α-hetero) is 1. The standard InChI is InChI=1S/C11H14BrNO/c1-11(2,3)10(14)9(12)8-5-4-6-13-7-8/h4-7,9H,1-3H3. The van der Waals surface area contributed by atoms with Crippen molar-refractivity contribution in [3.8, 4) is 0 Å². The van der Waals surface area contributed by atoms with E-state index < -0.39 is 0 Å². The Morgan fingerprint density at radius 1 is 1.50 bits per heavy atom. The first kappa shape index (κ1) is 11.4. The Labute approximate surface area is 92.9 Å². The number of pyridine rings is 1. The van der Waals surface area contributed by atoms with E-state index in [1.807, 2.05) is 32.9 Å². The molecule has 1 heterocycles. The lowest BCUT2D eigenvalue weighted by Gasteiger charge is -2.20. The van der Waals surface area contributed by atoms with E-state index in [0.29, 0.717) is 0 Å². The molecule has 0 N–H and O–H groups in total. The first-order valence-corrected chi connectivity index (χ1v) is 5.43. The molecule has 0 aliphatic carbocycles. The monoisotopic (exact) mass is 255 g/mol. The highest BCUT2D eigenvalue weighted by Gasteiger charge is 2.28. The number of carbonyl (C=O) groups is 1. The van der Waals surface area contributed by atoms with Crippen LogP contribution in [0.15, 0.2) is 24.5 Å². The van der Waals surface area contributed by atoms with Crippen molar-refractivity contribution in [3.63, 3.8) is 0 Å². The third-order valence-corrected chi connectivity index (χ3v) is 2.89. The Bertz CT molecular complexity index is 316. The minimum absolute atomic E-state index is 0.172. The summed E-state index contributed by atoms with van der Waals surface area (Å²) in [5.74, 6) is 0.172. The number of aromatic nitrogens is 1. The van der Waals surface area contributed by atoms with Gasteiger partial charge in [0.25, 0.3) is 0 Å². The Morgan fingerprint density at radius 2 is 2.14 bits per heavy atom. The lowest BCUT2D eigenvalue weighted by atomic mass is 9.87. The summed E-state index contributed by atoms with van der Waals surface area (Å²) >= 11 is 3.40. The number of alkyl halides is 1. The maximum atomic E-state index is 11.9. The number of ketones is 1. The zero-order chi connectivity index (χ0) is 10.8. The second-order valence-electron chi connectivity index (χ2n) is 4.26. The van der Waals surface area contributed by atoms with Gasteiger partial charge in [0.05, 0.1) is 0 Å². The first-order chi connectivity index (χ1) is 6.43. The Morgan fingerprint density at radius 3 is 2.57 bits per heavy atom. The summed E-state index contributed by atoms with van der Waals surface area (Å²) in [6.07, 6.45) is 3.41. The van der Waals surface area contributed by atoms with Crippen LogP contribution < -0.4 is 0 Å². The van der Waals surface area contributed by atoms with E-state index in [-0.39, 0.29) is 16.0 Å². The van der Waals surface area contributed by atoms with Crippen molar-refractivity contribution < 1.29 is 4.79 Å². The molecule has 1 aromatic heterocycles. The largest absolute Gasteiger partial charge is 0.297 e. The molecule has 0 fully saturated rings. The normalized spacial score (nSPS) is 13.7. The fourth-order valence-electron chi connectivity index (χ4n) is 1.06. The Kier molecular flexibility index (Phi) is 3.43. The fourth-order valence-corrected chi connectivity index (χ4v) is 2.02. The molecular weight excluding hydrogens is 242 g/mol. The van der Waals surface area contributed by atoms with Gasteiger partial charge in [0.2, 0.25) is 0 Å². The van der Waals surface area contributed by atoms with E-state index in [2.05, 4.69) is 20.9 Å². The van der Waals surface area contributed by atoms with Gasteiger partial charge in [-0.2, -0.15) is 0 Å². The number of hydrogen-bond acceptors (Lipinski definition) is 2. The summed E-state index contributed by atoms with van der Waals surface area (Å²) in [5.41, 5.74) is 0.580. The van der Waals surface area contributed by atoms with Crippen LogP contribution in [-0.2, 0) is 4.79 Å². The molecule has 76 valence electrons. The Balaban J connectivity index is 2.87. The summed E-state index contributed by atoms with van der Waals surface area (Å²) in [4.78, 5) is 15.6. The van der Waals surface area contributed by atoms with E-state index in [4.69, 9.17) is 0 Å². The molecule has 1 unspecified atom stereocenters. The van der Waals surface area contributed by atoms with Crippen LogP contribution in [0.25, 0.3) is 0 Å². The van der Waals surface area contributed by atoms with Crippen molar-refractivity contribution in [3.05, 3.63) is 30.1 Å². The van der Waals surface area contributed by atoms with E-state index in [1.165, 1.54) is 0 Å². The molecule has 0 radical (unpaired) electrons. The third-order valence-electron chi connectivity index (χ3n) is 1.95. The van der Waals surface area contributed by atoms with Crippen LogP contribution in [0.1, 0.15) is 31.2 Å². The van der Waals surface area contributed by atoms with Crippen molar-refractivity contribution in [1.82, 2.24) is 4.98 Å². The molecular formula is C11H14BrNO. The number of carbonyl (C=O) groups excluding carboxylic acids is 1. The number of nitrogens with zero attached hydrogens (tertiary/aromatic N) is 1. The quantitative estimate of drug-likeness (QED) is 0.761. The van der Waals surface area contributed by atoms with Crippen LogP contribution >= 0.6 is 15.9 Å². The molecule has 1 aromatic rings. The van der Waals surface area contributed by atoms with Gasteiger partial charge < -0.3 is 0 Å². The second-order valence-corrected chi connectivity index (χ2v) is 5.18. The number of rotatable bonds is 2. The molecule has 1 atom stereocenters. The Hall–Kier alpha value is -0.700. The summed E-state index contributed by atoms with van der Waals surface area (Å²) < 4.78 is 0. The SMILES string of the molecule is CC(C)(C)C(=O)C(Br)c1cccnc1. The number of halogens is 1. The van der Waals surface area contributed by atoms with Crippen LogP contribution in [0.3, 0.4) is 0 Å². The van der Waals surface area contributed by atoms with E-state index >= 15 is 0 Å². The van der Waals surface area contributed by atoms with Crippen LogP contribution in [0, 0.1) is 5.41 Å². The fraction of sp³-hybridized carbons (Fsp3) is 0.455. The highest BCUT2D eigenvalue weighted by atomic mass is 79.9. The van der Waals surface area contributed by atoms with Gasteiger partial charge in [-0.25, -0.2) is 0 Å². The minimum atomic E-state index is -0.329. The van der Waals surface area contributed by atoms with Gasteiger partial charge in [-0.15, -0.1) is 0 Å². The second kappa shape index (κ2) is 4.22. The molecule has 3 heteroatoms. The molecule has 0 aliphatic heterocycles. The predicted octanol–water partition coefficient (Wildman–Crippen LogP) is 3.13. The van der Waals surface area contributed by atoms with Crippen LogP contribution in [0.5, 0.6) is 0 Å². The molecule has 0 saturated carbocycles. The lowest BCUT2D eigenvalue weighted by Crippen LogP contribution is -2.24. The van der Waals surface area contributed by atoms with Crippen molar-refractivity contribution >= 4 is 21.7 Å². The molecule has 0 aromatic carbocycles. The highest BCUT2D eigenvalue weighted by molar-refractivity contribution is 9.09. The van der Waals surface area contributed by atoms with E-state index in [1.54, 1.807) is 12.4 Å². The molecule has 0 amide bonds. The van der Waals surface area contributed by atoms with E-state index in [9.17, 15) is 4.79 Å². The van der Waals surface area contributed by atoms with Gasteiger partial charge >= 0.3 is 0 Å². The van der Waals surface area contributed by atoms with E-state index in [0.717, 1.165) is 5.56 Å². The minimum Gasteiger partial charge on any atom is -0.297 e. The molecule has 0 aliphatic rings. The summed E-state index contributed by atoms with van der Waals surface area (Å²) in [6, 6.07) is 3.73. The average Bonchev–Trinajstić information content (AvgIpc) is 2.15. The van der Waals surface area contributed by atoms with Crippen molar-refractivity contribution in [2.45, 2.75) is 25.6 Å².